The second-order valence-corrected chi connectivity index (χ2v) is 6.32. The van der Waals surface area contributed by atoms with Gasteiger partial charge in [-0.15, -0.1) is 0 Å². The molecule has 1 atom stereocenters. The molecule has 1 amide bonds. The van der Waals surface area contributed by atoms with E-state index in [0.29, 0.717) is 18.6 Å². The third-order valence-corrected chi connectivity index (χ3v) is 4.45. The molecule has 114 valence electrons. The zero-order valence-electron chi connectivity index (χ0n) is 12.8. The van der Waals surface area contributed by atoms with Crippen LogP contribution in [0, 0.1) is 6.92 Å². The highest BCUT2D eigenvalue weighted by Gasteiger charge is 2.32. The van der Waals surface area contributed by atoms with E-state index in [4.69, 9.17) is 0 Å². The van der Waals surface area contributed by atoms with E-state index in [1.54, 1.807) is 0 Å². The number of nitrogens with one attached hydrogen (secondary N) is 2. The van der Waals surface area contributed by atoms with E-state index in [1.165, 1.54) is 25.7 Å². The molecule has 1 aliphatic heterocycles. The smallest absolute Gasteiger partial charge is 0.238 e. The third-order valence-electron chi connectivity index (χ3n) is 4.45. The summed E-state index contributed by atoms with van der Waals surface area (Å²) < 4.78 is 0. The lowest BCUT2D eigenvalue weighted by Gasteiger charge is -2.25. The number of amides is 1. The van der Waals surface area contributed by atoms with E-state index >= 15 is 0 Å². The number of carbonyl (C=O) groups excluding carboxylic acids is 1. The fourth-order valence-corrected chi connectivity index (χ4v) is 3.07. The maximum atomic E-state index is 12.3. The van der Waals surface area contributed by atoms with Gasteiger partial charge in [0.1, 0.15) is 0 Å². The van der Waals surface area contributed by atoms with Crippen LogP contribution in [0.15, 0.2) is 24.3 Å². The zero-order valence-corrected chi connectivity index (χ0v) is 12.8. The molecule has 1 heterocycles. The van der Waals surface area contributed by atoms with Crippen LogP contribution < -0.4 is 10.6 Å². The SMILES string of the molecule is Cc1ccccc1NC(=O)CN(CC1CCCN1)C1CC1. The number of benzene rings is 1. The first-order valence-corrected chi connectivity index (χ1v) is 8.05. The van der Waals surface area contributed by atoms with Crippen LogP contribution in [0.2, 0.25) is 0 Å². The quantitative estimate of drug-likeness (QED) is 0.842. The van der Waals surface area contributed by atoms with Crippen LogP contribution in [-0.4, -0.2) is 42.5 Å². The van der Waals surface area contributed by atoms with Crippen LogP contribution in [0.3, 0.4) is 0 Å². The van der Waals surface area contributed by atoms with E-state index in [2.05, 4.69) is 15.5 Å². The number of anilines is 1. The summed E-state index contributed by atoms with van der Waals surface area (Å²) >= 11 is 0. The Kier molecular flexibility index (Phi) is 4.56. The van der Waals surface area contributed by atoms with Crippen molar-refractivity contribution in [2.24, 2.45) is 0 Å². The maximum Gasteiger partial charge on any atom is 0.238 e. The molecule has 0 radical (unpaired) electrons. The molecule has 1 unspecified atom stereocenters. The van der Waals surface area contributed by atoms with Gasteiger partial charge in [0.05, 0.1) is 6.54 Å². The Morgan fingerprint density at radius 1 is 1.33 bits per heavy atom. The fraction of sp³-hybridized carbons (Fsp3) is 0.588. The molecular formula is C17H25N3O. The molecule has 1 aromatic carbocycles. The van der Waals surface area contributed by atoms with Crippen LogP contribution in [0.1, 0.15) is 31.2 Å². The highest BCUT2D eigenvalue weighted by atomic mass is 16.2. The van der Waals surface area contributed by atoms with Crippen molar-refractivity contribution in [1.29, 1.82) is 0 Å². The van der Waals surface area contributed by atoms with Gasteiger partial charge < -0.3 is 10.6 Å². The minimum Gasteiger partial charge on any atom is -0.325 e. The van der Waals surface area contributed by atoms with Gasteiger partial charge in [0.25, 0.3) is 0 Å². The minimum atomic E-state index is 0.106. The zero-order chi connectivity index (χ0) is 14.7. The van der Waals surface area contributed by atoms with Gasteiger partial charge in [0.15, 0.2) is 0 Å². The van der Waals surface area contributed by atoms with Gasteiger partial charge in [0.2, 0.25) is 5.91 Å². The number of hydrogen-bond acceptors (Lipinski definition) is 3. The average molecular weight is 287 g/mol. The highest BCUT2D eigenvalue weighted by Crippen LogP contribution is 2.27. The fourth-order valence-electron chi connectivity index (χ4n) is 3.07. The third kappa shape index (κ3) is 4.05. The largest absolute Gasteiger partial charge is 0.325 e. The molecule has 4 heteroatoms. The van der Waals surface area contributed by atoms with E-state index < -0.39 is 0 Å². The van der Waals surface area contributed by atoms with Crippen molar-refractivity contribution in [3.8, 4) is 0 Å². The summed E-state index contributed by atoms with van der Waals surface area (Å²) in [4.78, 5) is 14.7. The summed E-state index contributed by atoms with van der Waals surface area (Å²) in [6.45, 7) is 4.67. The summed E-state index contributed by atoms with van der Waals surface area (Å²) in [5, 5.41) is 6.58. The van der Waals surface area contributed by atoms with Crippen LogP contribution in [0.5, 0.6) is 0 Å². The molecule has 0 aromatic heterocycles. The molecule has 2 aliphatic rings. The van der Waals surface area contributed by atoms with Crippen LogP contribution >= 0.6 is 0 Å². The van der Waals surface area contributed by atoms with Crippen molar-refractivity contribution in [2.75, 3.05) is 25.0 Å². The van der Waals surface area contributed by atoms with E-state index in [0.717, 1.165) is 24.3 Å². The molecule has 1 saturated heterocycles. The number of aryl methyl sites for hydroxylation is 1. The van der Waals surface area contributed by atoms with Crippen LogP contribution in [0.25, 0.3) is 0 Å². The van der Waals surface area contributed by atoms with Gasteiger partial charge in [-0.05, 0) is 50.8 Å². The van der Waals surface area contributed by atoms with Crippen molar-refractivity contribution in [3.63, 3.8) is 0 Å². The first kappa shape index (κ1) is 14.5. The predicted octanol–water partition coefficient (Wildman–Crippen LogP) is 2.15. The Labute approximate surface area is 126 Å². The first-order valence-electron chi connectivity index (χ1n) is 8.05. The van der Waals surface area contributed by atoms with Crippen LogP contribution in [0.4, 0.5) is 5.69 Å². The van der Waals surface area contributed by atoms with E-state index in [1.807, 2.05) is 31.2 Å². The number of nitrogens with zero attached hydrogens (tertiary/aromatic N) is 1. The molecular weight excluding hydrogens is 262 g/mol. The Morgan fingerprint density at radius 2 is 2.14 bits per heavy atom. The Bertz CT molecular complexity index is 493. The summed E-state index contributed by atoms with van der Waals surface area (Å²) in [6, 6.07) is 9.13. The van der Waals surface area contributed by atoms with Crippen molar-refractivity contribution < 1.29 is 4.79 Å². The second-order valence-electron chi connectivity index (χ2n) is 6.32. The van der Waals surface area contributed by atoms with Gasteiger partial charge in [-0.1, -0.05) is 18.2 Å². The maximum absolute atomic E-state index is 12.3. The summed E-state index contributed by atoms with van der Waals surface area (Å²) in [5.74, 6) is 0.106. The van der Waals surface area contributed by atoms with Gasteiger partial charge in [-0.3, -0.25) is 9.69 Å². The van der Waals surface area contributed by atoms with Crippen molar-refractivity contribution in [1.82, 2.24) is 10.2 Å². The van der Waals surface area contributed by atoms with Gasteiger partial charge in [-0.25, -0.2) is 0 Å². The normalized spacial score (nSPS) is 21.7. The Hall–Kier alpha value is -1.39. The summed E-state index contributed by atoms with van der Waals surface area (Å²) in [6.07, 6.45) is 4.98. The standard InChI is InChI=1S/C17H25N3O/c1-13-5-2-3-7-16(13)19-17(21)12-20(15-8-9-15)11-14-6-4-10-18-14/h2-3,5,7,14-15,18H,4,6,8-12H2,1H3,(H,19,21). The summed E-state index contributed by atoms with van der Waals surface area (Å²) in [5.41, 5.74) is 2.04. The lowest BCUT2D eigenvalue weighted by molar-refractivity contribution is -0.117. The molecule has 3 rings (SSSR count). The molecule has 1 aliphatic carbocycles. The molecule has 1 saturated carbocycles. The van der Waals surface area contributed by atoms with Crippen LogP contribution in [-0.2, 0) is 4.79 Å². The number of rotatable bonds is 6. The number of hydrogen-bond donors (Lipinski definition) is 2. The molecule has 4 nitrogen and oxygen atoms in total. The highest BCUT2D eigenvalue weighted by molar-refractivity contribution is 5.93. The van der Waals surface area contributed by atoms with Crippen molar-refractivity contribution in [2.45, 2.75) is 44.7 Å². The molecule has 0 spiro atoms. The topological polar surface area (TPSA) is 44.4 Å². The predicted molar refractivity (Wildman–Crippen MR) is 85.4 cm³/mol. The number of carbonyl (C=O) groups is 1. The molecule has 0 bridgehead atoms. The first-order chi connectivity index (χ1) is 10.2. The average Bonchev–Trinajstić information content (AvgIpc) is 3.19. The van der Waals surface area contributed by atoms with E-state index in [9.17, 15) is 4.79 Å². The van der Waals surface area contributed by atoms with Gasteiger partial charge in [0, 0.05) is 24.3 Å². The Morgan fingerprint density at radius 3 is 2.81 bits per heavy atom. The van der Waals surface area contributed by atoms with E-state index in [-0.39, 0.29) is 5.91 Å². The lowest BCUT2D eigenvalue weighted by atomic mass is 10.2. The molecule has 1 aromatic rings. The lowest BCUT2D eigenvalue weighted by Crippen LogP contribution is -2.42. The molecule has 21 heavy (non-hydrogen) atoms. The van der Waals surface area contributed by atoms with Crippen molar-refractivity contribution >= 4 is 11.6 Å². The summed E-state index contributed by atoms with van der Waals surface area (Å²) in [7, 11) is 0. The Balaban J connectivity index is 1.55. The number of para-hydroxylation sites is 1. The van der Waals surface area contributed by atoms with Gasteiger partial charge >= 0.3 is 0 Å². The van der Waals surface area contributed by atoms with Crippen molar-refractivity contribution in [3.05, 3.63) is 29.8 Å². The van der Waals surface area contributed by atoms with Gasteiger partial charge in [-0.2, -0.15) is 0 Å². The second kappa shape index (κ2) is 6.58. The molecule has 2 fully saturated rings. The molecule has 2 N–H and O–H groups in total. The minimum absolute atomic E-state index is 0.106. The monoisotopic (exact) mass is 287 g/mol.